The minimum atomic E-state index is -4.41. The summed E-state index contributed by atoms with van der Waals surface area (Å²) in [4.78, 5) is 22.8. The topological polar surface area (TPSA) is 91.4 Å². The van der Waals surface area contributed by atoms with Crippen molar-refractivity contribution in [2.45, 2.75) is 57.1 Å². The number of carbonyl (C=O) groups excluding carboxylic acids is 1. The van der Waals surface area contributed by atoms with Gasteiger partial charge in [-0.25, -0.2) is 9.97 Å². The Labute approximate surface area is 289 Å². The zero-order valence-electron chi connectivity index (χ0n) is 27.5. The molecule has 3 aromatic rings. The van der Waals surface area contributed by atoms with E-state index in [0.29, 0.717) is 58.2 Å². The van der Waals surface area contributed by atoms with Crippen molar-refractivity contribution in [1.29, 1.82) is 0 Å². The number of anilines is 2. The molecule has 3 N–H and O–H groups in total. The number of nitrogens with zero attached hydrogens (tertiary/aromatic N) is 3. The number of thiazole rings is 1. The number of benzene rings is 1. The number of rotatable bonds is 19. The highest BCUT2D eigenvalue weighted by molar-refractivity contribution is 8.01. The molecule has 4 rings (SSSR count). The quantitative estimate of drug-likeness (QED) is 0.0503. The van der Waals surface area contributed by atoms with Crippen molar-refractivity contribution in [2.24, 2.45) is 5.92 Å². The van der Waals surface area contributed by atoms with Gasteiger partial charge in [0.05, 0.1) is 22.8 Å². The molecule has 13 heteroatoms. The van der Waals surface area contributed by atoms with Gasteiger partial charge in [-0.05, 0) is 85.2 Å². The Balaban J connectivity index is 1.48. The maximum Gasteiger partial charge on any atom is 0.416 e. The van der Waals surface area contributed by atoms with Crippen molar-refractivity contribution in [3.63, 3.8) is 0 Å². The average Bonchev–Trinajstić information content (AvgIpc) is 3.72. The van der Waals surface area contributed by atoms with Crippen molar-refractivity contribution >= 4 is 46.4 Å². The molecule has 0 saturated heterocycles. The molecule has 0 bridgehead atoms. The predicted molar refractivity (Wildman–Crippen MR) is 191 cm³/mol. The van der Waals surface area contributed by atoms with E-state index in [1.165, 1.54) is 30.2 Å². The van der Waals surface area contributed by atoms with Crippen LogP contribution < -0.4 is 20.3 Å². The maximum atomic E-state index is 13.8. The lowest BCUT2D eigenvalue weighted by molar-refractivity contribution is -0.137. The van der Waals surface area contributed by atoms with E-state index in [2.05, 4.69) is 47.9 Å². The molecular formula is C35H43F3N6O2S2. The first kappa shape index (κ1) is 37.0. The summed E-state index contributed by atoms with van der Waals surface area (Å²) in [6.45, 7) is 13.7. The zero-order valence-corrected chi connectivity index (χ0v) is 29.1. The summed E-state index contributed by atoms with van der Waals surface area (Å²) in [5.41, 5.74) is 3.38. The number of allylic oxidation sites excluding steroid dienone is 3. The Hall–Kier alpha value is -3.81. The van der Waals surface area contributed by atoms with Gasteiger partial charge in [-0.1, -0.05) is 45.2 Å². The SMILES string of the molecule is C=C/C(=C\C(=C)c1cscn1)OC[C@@H](CCNCc1cccc(C(F)(F)F)c1)NC(=O)c1cc(NCC2CC2)nc(N(C)SC(C)C)c1. The van der Waals surface area contributed by atoms with Crippen LogP contribution in [0.25, 0.3) is 5.57 Å². The minimum Gasteiger partial charge on any atom is -0.491 e. The second-order valence-corrected chi connectivity index (χ2v) is 14.3. The number of ether oxygens (including phenoxy) is 1. The van der Waals surface area contributed by atoms with Gasteiger partial charge >= 0.3 is 6.18 Å². The van der Waals surface area contributed by atoms with E-state index in [-0.39, 0.29) is 19.1 Å². The molecule has 1 aliphatic rings. The number of pyridine rings is 1. The Morgan fingerprint density at radius 2 is 2.04 bits per heavy atom. The standard InChI is InChI=1S/C35H43F3N6O2S2/c1-6-30(14-24(4)31-21-47-22-41-31)46-20-29(12-13-39-18-26-8-7-9-28(15-26)35(36,37)38)42-34(45)27-16-32(40-19-25-10-11-25)43-33(17-27)44(5)48-23(2)3/h6-9,14-17,21-23,25,29,39H,1,4,10-13,18-20H2,2-3,5H3,(H,40,43)(H,42,45)/b30-14+/t29-/m1/s1. The van der Waals surface area contributed by atoms with Crippen LogP contribution in [0.4, 0.5) is 24.8 Å². The zero-order chi connectivity index (χ0) is 34.7. The van der Waals surface area contributed by atoms with Gasteiger partial charge in [0.25, 0.3) is 5.91 Å². The third-order valence-electron chi connectivity index (χ3n) is 7.35. The van der Waals surface area contributed by atoms with Crippen LogP contribution in [0.2, 0.25) is 0 Å². The number of aromatic nitrogens is 2. The first-order chi connectivity index (χ1) is 22.9. The first-order valence-electron chi connectivity index (χ1n) is 15.8. The van der Waals surface area contributed by atoms with Crippen LogP contribution in [0.5, 0.6) is 0 Å². The van der Waals surface area contributed by atoms with Gasteiger partial charge < -0.3 is 25.0 Å². The summed E-state index contributed by atoms with van der Waals surface area (Å²) in [6.07, 6.45) is 1.71. The van der Waals surface area contributed by atoms with Crippen molar-refractivity contribution in [1.82, 2.24) is 20.6 Å². The Morgan fingerprint density at radius 1 is 1.25 bits per heavy atom. The van der Waals surface area contributed by atoms with Crippen LogP contribution in [0.1, 0.15) is 60.3 Å². The molecule has 2 heterocycles. The molecule has 8 nitrogen and oxygen atoms in total. The van der Waals surface area contributed by atoms with E-state index in [1.807, 2.05) is 16.7 Å². The Kier molecular flexibility index (Phi) is 13.5. The van der Waals surface area contributed by atoms with E-state index < -0.39 is 17.8 Å². The molecular weight excluding hydrogens is 658 g/mol. The summed E-state index contributed by atoms with van der Waals surface area (Å²) < 4.78 is 47.6. The van der Waals surface area contributed by atoms with E-state index in [4.69, 9.17) is 9.72 Å². The lowest BCUT2D eigenvalue weighted by Crippen LogP contribution is -2.40. The third-order valence-corrected chi connectivity index (χ3v) is 8.86. The lowest BCUT2D eigenvalue weighted by Gasteiger charge is -2.22. The molecule has 1 aliphatic carbocycles. The Morgan fingerprint density at radius 3 is 2.71 bits per heavy atom. The van der Waals surface area contributed by atoms with E-state index >= 15 is 0 Å². The smallest absolute Gasteiger partial charge is 0.416 e. The third kappa shape index (κ3) is 12.0. The van der Waals surface area contributed by atoms with Gasteiger partial charge in [-0.3, -0.25) is 4.79 Å². The van der Waals surface area contributed by atoms with Gasteiger partial charge in [0, 0.05) is 36.3 Å². The van der Waals surface area contributed by atoms with Gasteiger partial charge in [0.15, 0.2) is 0 Å². The molecule has 1 saturated carbocycles. The van der Waals surface area contributed by atoms with E-state index in [9.17, 15) is 18.0 Å². The monoisotopic (exact) mass is 700 g/mol. The van der Waals surface area contributed by atoms with Gasteiger partial charge in [-0.15, -0.1) is 11.3 Å². The molecule has 2 aromatic heterocycles. The van der Waals surface area contributed by atoms with Crippen LogP contribution in [0, 0.1) is 5.92 Å². The fourth-order valence-electron chi connectivity index (χ4n) is 4.65. The molecule has 0 unspecified atom stereocenters. The maximum absolute atomic E-state index is 13.8. The van der Waals surface area contributed by atoms with Crippen LogP contribution in [-0.4, -0.2) is 53.9 Å². The second kappa shape index (κ2) is 17.5. The number of hydrogen-bond donors (Lipinski definition) is 3. The number of amides is 1. The highest BCUT2D eigenvalue weighted by Gasteiger charge is 2.30. The van der Waals surface area contributed by atoms with Crippen molar-refractivity contribution in [3.05, 3.63) is 101 Å². The molecule has 0 radical (unpaired) electrons. The van der Waals surface area contributed by atoms with Crippen LogP contribution in [0.3, 0.4) is 0 Å². The summed E-state index contributed by atoms with van der Waals surface area (Å²) in [5, 5.41) is 11.9. The summed E-state index contributed by atoms with van der Waals surface area (Å²) in [5.74, 6) is 2.09. The van der Waals surface area contributed by atoms with Gasteiger partial charge in [-0.2, -0.15) is 13.2 Å². The number of carbonyl (C=O) groups is 1. The molecule has 0 spiro atoms. The van der Waals surface area contributed by atoms with Gasteiger partial charge in [0.1, 0.15) is 24.0 Å². The molecule has 0 aliphatic heterocycles. The van der Waals surface area contributed by atoms with E-state index in [1.54, 1.807) is 47.8 Å². The minimum absolute atomic E-state index is 0.118. The lowest BCUT2D eigenvalue weighted by atomic mass is 10.1. The predicted octanol–water partition coefficient (Wildman–Crippen LogP) is 7.95. The highest BCUT2D eigenvalue weighted by atomic mass is 32.2. The van der Waals surface area contributed by atoms with Crippen LogP contribution >= 0.6 is 23.3 Å². The second-order valence-electron chi connectivity index (χ2n) is 11.9. The summed E-state index contributed by atoms with van der Waals surface area (Å²) in [6, 6.07) is 8.30. The fourth-order valence-corrected chi connectivity index (χ4v) is 6.06. The summed E-state index contributed by atoms with van der Waals surface area (Å²) >= 11 is 3.07. The molecule has 48 heavy (non-hydrogen) atoms. The molecule has 258 valence electrons. The number of halogens is 3. The molecule has 1 fully saturated rings. The summed E-state index contributed by atoms with van der Waals surface area (Å²) in [7, 11) is 1.93. The Bertz CT molecular complexity index is 1560. The van der Waals surface area contributed by atoms with Gasteiger partial charge in [0.2, 0.25) is 0 Å². The molecule has 1 atom stereocenters. The number of alkyl halides is 3. The normalized spacial score (nSPS) is 14.0. The largest absolute Gasteiger partial charge is 0.491 e. The average molecular weight is 701 g/mol. The van der Waals surface area contributed by atoms with Crippen molar-refractivity contribution in [3.8, 4) is 0 Å². The number of nitrogens with one attached hydrogen (secondary N) is 3. The molecule has 1 amide bonds. The first-order valence-corrected chi connectivity index (χ1v) is 17.6. The van der Waals surface area contributed by atoms with Crippen LogP contribution in [0.15, 0.2) is 78.4 Å². The number of hydrogen-bond acceptors (Lipinski definition) is 9. The highest BCUT2D eigenvalue weighted by Crippen LogP contribution is 2.31. The van der Waals surface area contributed by atoms with Crippen molar-refractivity contribution < 1.29 is 22.7 Å². The fraction of sp³-hybridized carbons (Fsp3) is 0.400. The van der Waals surface area contributed by atoms with Crippen molar-refractivity contribution in [2.75, 3.05) is 36.4 Å². The molecule has 1 aromatic carbocycles. The van der Waals surface area contributed by atoms with E-state index in [0.717, 1.165) is 24.4 Å². The van der Waals surface area contributed by atoms with Crippen LogP contribution in [-0.2, 0) is 17.5 Å².